The average Bonchev–Trinajstić information content (AvgIpc) is 2.19. The number of carbonyl (C=O) groups is 1. The van der Waals surface area contributed by atoms with Crippen LogP contribution in [0.1, 0.15) is 5.56 Å². The number of thiocarbonyl (C=S) groups is 1. The van der Waals surface area contributed by atoms with Gasteiger partial charge in [0.2, 0.25) is 5.12 Å². The number of carbonyl (C=O) groups excluding carboxylic acids is 1. The molecule has 4 heteroatoms. The van der Waals surface area contributed by atoms with Gasteiger partial charge in [-0.15, -0.1) is 0 Å². The molecule has 0 heterocycles. The first-order valence-corrected chi connectivity index (χ1v) is 4.87. The highest BCUT2D eigenvalue weighted by Crippen LogP contribution is 2.13. The first-order chi connectivity index (χ1) is 6.24. The third-order valence-electron chi connectivity index (χ3n) is 1.35. The van der Waals surface area contributed by atoms with Crippen molar-refractivity contribution in [2.45, 2.75) is 0 Å². The molecule has 1 aromatic carbocycles. The van der Waals surface area contributed by atoms with Crippen molar-refractivity contribution in [1.82, 2.24) is 0 Å². The Kier molecular flexibility index (Phi) is 4.08. The molecular weight excluding hydrogens is 204 g/mol. The van der Waals surface area contributed by atoms with Crippen molar-refractivity contribution < 1.29 is 9.90 Å². The molecule has 0 spiro atoms. The van der Waals surface area contributed by atoms with E-state index >= 15 is 0 Å². The van der Waals surface area contributed by atoms with Crippen molar-refractivity contribution in [3.63, 3.8) is 0 Å². The second-order valence-electron chi connectivity index (χ2n) is 2.29. The van der Waals surface area contributed by atoms with Gasteiger partial charge in [-0.3, -0.25) is 4.79 Å². The van der Waals surface area contributed by atoms with Crippen LogP contribution in [0.3, 0.4) is 0 Å². The van der Waals surface area contributed by atoms with E-state index in [1.807, 2.05) is 30.3 Å². The van der Waals surface area contributed by atoms with Crippen molar-refractivity contribution in [3.05, 3.63) is 35.9 Å². The fraction of sp³-hybridized carbons (Fsp3) is 0.111. The van der Waals surface area contributed by atoms with E-state index in [4.69, 9.17) is 17.3 Å². The first-order valence-electron chi connectivity index (χ1n) is 3.65. The summed E-state index contributed by atoms with van der Waals surface area (Å²) in [6.07, 6.45) is 0. The molecular formula is C9H8O2S2. The maximum Gasteiger partial charge on any atom is 0.219 e. The summed E-state index contributed by atoms with van der Waals surface area (Å²) in [7, 11) is 0. The smallest absolute Gasteiger partial charge is 0.219 e. The molecule has 0 saturated heterocycles. The topological polar surface area (TPSA) is 37.3 Å². The van der Waals surface area contributed by atoms with Gasteiger partial charge in [0.1, 0.15) is 6.61 Å². The molecule has 1 aromatic rings. The molecule has 0 fully saturated rings. The van der Waals surface area contributed by atoms with Crippen LogP contribution in [-0.2, 0) is 4.79 Å². The lowest BCUT2D eigenvalue weighted by Crippen LogP contribution is -2.02. The summed E-state index contributed by atoms with van der Waals surface area (Å²) in [6.45, 7) is -0.475. The van der Waals surface area contributed by atoms with Crippen LogP contribution in [0.25, 0.3) is 0 Å². The van der Waals surface area contributed by atoms with Crippen LogP contribution in [0, 0.1) is 0 Å². The Morgan fingerprint density at radius 2 is 2.00 bits per heavy atom. The molecule has 0 aliphatic rings. The maximum atomic E-state index is 10.8. The van der Waals surface area contributed by atoms with E-state index in [-0.39, 0.29) is 5.12 Å². The molecule has 0 aromatic heterocycles. The minimum atomic E-state index is -0.475. The monoisotopic (exact) mass is 212 g/mol. The van der Waals surface area contributed by atoms with E-state index in [2.05, 4.69) is 0 Å². The molecule has 1 N–H and O–H groups in total. The van der Waals surface area contributed by atoms with E-state index in [0.29, 0.717) is 4.20 Å². The van der Waals surface area contributed by atoms with Gasteiger partial charge in [-0.25, -0.2) is 0 Å². The Bertz CT molecular complexity index is 309. The number of hydrogen-bond donors (Lipinski definition) is 1. The Balaban J connectivity index is 2.65. The largest absolute Gasteiger partial charge is 0.388 e. The lowest BCUT2D eigenvalue weighted by molar-refractivity contribution is -0.113. The Labute approximate surface area is 86.0 Å². The zero-order valence-electron chi connectivity index (χ0n) is 6.77. The molecule has 0 radical (unpaired) electrons. The highest BCUT2D eigenvalue weighted by Gasteiger charge is 2.06. The van der Waals surface area contributed by atoms with E-state index < -0.39 is 6.61 Å². The molecule has 0 saturated carbocycles. The summed E-state index contributed by atoms with van der Waals surface area (Å²) in [5.41, 5.74) is 0.837. The van der Waals surface area contributed by atoms with Crippen LogP contribution in [0.5, 0.6) is 0 Å². The van der Waals surface area contributed by atoms with Crippen molar-refractivity contribution in [2.75, 3.05) is 6.61 Å². The fourth-order valence-corrected chi connectivity index (χ4v) is 1.71. The van der Waals surface area contributed by atoms with Crippen molar-refractivity contribution in [2.24, 2.45) is 0 Å². The summed E-state index contributed by atoms with van der Waals surface area (Å²) in [5.74, 6) is 0. The summed E-state index contributed by atoms with van der Waals surface area (Å²) < 4.78 is 0.500. The van der Waals surface area contributed by atoms with E-state index in [0.717, 1.165) is 17.3 Å². The van der Waals surface area contributed by atoms with Gasteiger partial charge < -0.3 is 5.11 Å². The van der Waals surface area contributed by atoms with Crippen molar-refractivity contribution in [3.8, 4) is 0 Å². The molecule has 13 heavy (non-hydrogen) atoms. The molecule has 0 unspecified atom stereocenters. The number of aliphatic hydroxyl groups is 1. The molecule has 68 valence electrons. The van der Waals surface area contributed by atoms with Crippen LogP contribution in [0.2, 0.25) is 0 Å². The SMILES string of the molecule is O=C(CO)SC(=S)c1ccccc1. The Hall–Kier alpha value is -0.710. The quantitative estimate of drug-likeness (QED) is 0.756. The average molecular weight is 212 g/mol. The number of hydrogen-bond acceptors (Lipinski definition) is 4. The number of rotatable bonds is 2. The van der Waals surface area contributed by atoms with Gasteiger partial charge >= 0.3 is 0 Å². The summed E-state index contributed by atoms with van der Waals surface area (Å²) >= 11 is 5.89. The lowest BCUT2D eigenvalue weighted by atomic mass is 10.2. The molecule has 2 nitrogen and oxygen atoms in total. The van der Waals surface area contributed by atoms with E-state index in [9.17, 15) is 4.79 Å². The van der Waals surface area contributed by atoms with Crippen LogP contribution in [0.4, 0.5) is 0 Å². The highest BCUT2D eigenvalue weighted by atomic mass is 32.2. The summed E-state index contributed by atoms with van der Waals surface area (Å²) in [4.78, 5) is 10.8. The van der Waals surface area contributed by atoms with Gasteiger partial charge in [-0.1, -0.05) is 42.5 Å². The van der Waals surface area contributed by atoms with Crippen LogP contribution in [0.15, 0.2) is 30.3 Å². The van der Waals surface area contributed by atoms with Crippen LogP contribution < -0.4 is 0 Å². The highest BCUT2D eigenvalue weighted by molar-refractivity contribution is 8.33. The minimum Gasteiger partial charge on any atom is -0.388 e. The molecule has 0 aliphatic carbocycles. The normalized spacial score (nSPS) is 9.62. The second kappa shape index (κ2) is 5.11. The lowest BCUT2D eigenvalue weighted by Gasteiger charge is -1.99. The first kappa shape index (κ1) is 10.4. The minimum absolute atomic E-state index is 0.325. The van der Waals surface area contributed by atoms with E-state index in [1.54, 1.807) is 0 Å². The van der Waals surface area contributed by atoms with Crippen molar-refractivity contribution >= 4 is 33.3 Å². The van der Waals surface area contributed by atoms with Gasteiger partial charge in [-0.05, 0) is 17.3 Å². The van der Waals surface area contributed by atoms with E-state index in [1.165, 1.54) is 0 Å². The number of aliphatic hydroxyl groups excluding tert-OH is 1. The molecule has 0 bridgehead atoms. The summed E-state index contributed by atoms with van der Waals surface area (Å²) in [5, 5.41) is 8.18. The Morgan fingerprint density at radius 3 is 2.54 bits per heavy atom. The molecule has 0 aliphatic heterocycles. The summed E-state index contributed by atoms with van der Waals surface area (Å²) in [6, 6.07) is 9.25. The zero-order valence-corrected chi connectivity index (χ0v) is 8.40. The van der Waals surface area contributed by atoms with Gasteiger partial charge in [0.15, 0.2) is 0 Å². The van der Waals surface area contributed by atoms with Crippen molar-refractivity contribution in [1.29, 1.82) is 0 Å². The maximum absolute atomic E-state index is 10.8. The third-order valence-corrected chi connectivity index (χ3v) is 2.61. The predicted molar refractivity (Wildman–Crippen MR) is 57.8 cm³/mol. The van der Waals surface area contributed by atoms with Gasteiger partial charge in [0.25, 0.3) is 0 Å². The zero-order chi connectivity index (χ0) is 9.68. The molecule has 1 rings (SSSR count). The number of thioether (sulfide) groups is 1. The third kappa shape index (κ3) is 3.26. The molecule has 0 atom stereocenters. The predicted octanol–water partition coefficient (Wildman–Crippen LogP) is 1.61. The van der Waals surface area contributed by atoms with Crippen LogP contribution in [-0.4, -0.2) is 21.0 Å². The second-order valence-corrected chi connectivity index (χ2v) is 4.02. The molecule has 0 amide bonds. The standard InChI is InChI=1S/C9H8O2S2/c10-6-8(11)13-9(12)7-4-2-1-3-5-7/h1-5,10H,6H2. The van der Waals surface area contributed by atoms with Gasteiger partial charge in [0.05, 0.1) is 4.20 Å². The van der Waals surface area contributed by atoms with Gasteiger partial charge in [-0.2, -0.15) is 0 Å². The van der Waals surface area contributed by atoms with Gasteiger partial charge in [0, 0.05) is 0 Å². The number of benzene rings is 1. The van der Waals surface area contributed by atoms with Crippen LogP contribution >= 0.6 is 24.0 Å². The fourth-order valence-electron chi connectivity index (χ4n) is 0.769. The Morgan fingerprint density at radius 1 is 1.38 bits per heavy atom.